The quantitative estimate of drug-likeness (QED) is 0.208. The van der Waals surface area contributed by atoms with Gasteiger partial charge in [-0.2, -0.15) is 21.6 Å². The topological polar surface area (TPSA) is 87.0 Å². The highest BCUT2D eigenvalue weighted by molar-refractivity contribution is 7.88. The number of aromatic nitrogens is 4. The number of halogens is 3. The number of hydrogen-bond donors (Lipinski definition) is 0. The summed E-state index contributed by atoms with van der Waals surface area (Å²) in [7, 11) is -5.77. The smallest absolute Gasteiger partial charge is 0.374 e. The number of pyridine rings is 1. The van der Waals surface area contributed by atoms with Gasteiger partial charge in [0.15, 0.2) is 5.75 Å². The third-order valence-electron chi connectivity index (χ3n) is 6.10. The lowest BCUT2D eigenvalue weighted by Crippen LogP contribution is -2.28. The van der Waals surface area contributed by atoms with Gasteiger partial charge in [-0.1, -0.05) is 45.0 Å². The second-order valence-corrected chi connectivity index (χ2v) is 11.6. The molecule has 0 saturated carbocycles. The number of nitrogens with zero attached hydrogens (tertiary/aromatic N) is 4. The molecule has 1 atom stereocenters. The van der Waals surface area contributed by atoms with Gasteiger partial charge in [-0.3, -0.25) is 9.55 Å². The molecular weight excluding hydrogens is 517 g/mol. The fourth-order valence-electron chi connectivity index (χ4n) is 4.34. The molecule has 4 rings (SSSR count). The van der Waals surface area contributed by atoms with Crippen LogP contribution in [0.4, 0.5) is 13.2 Å². The molecule has 0 bridgehead atoms. The van der Waals surface area contributed by atoms with Gasteiger partial charge in [0.2, 0.25) is 5.95 Å². The third-order valence-corrected chi connectivity index (χ3v) is 7.08. The van der Waals surface area contributed by atoms with Gasteiger partial charge in [0, 0.05) is 41.0 Å². The molecule has 3 heterocycles. The number of aryl methyl sites for hydroxylation is 2. The largest absolute Gasteiger partial charge is 0.534 e. The van der Waals surface area contributed by atoms with E-state index in [1.165, 1.54) is 12.1 Å². The average Bonchev–Trinajstić information content (AvgIpc) is 3.17. The van der Waals surface area contributed by atoms with Gasteiger partial charge in [0.1, 0.15) is 0 Å². The molecule has 3 aromatic heterocycles. The third kappa shape index (κ3) is 5.57. The predicted octanol–water partition coefficient (Wildman–Crippen LogP) is 6.35. The first-order valence-corrected chi connectivity index (χ1v) is 13.1. The molecule has 0 N–H and O–H groups in total. The predicted molar refractivity (Wildman–Crippen MR) is 137 cm³/mol. The zero-order valence-electron chi connectivity index (χ0n) is 21.5. The summed E-state index contributed by atoms with van der Waals surface area (Å²) in [6, 6.07) is 14.5. The Morgan fingerprint density at radius 3 is 1.84 bits per heavy atom. The molecule has 0 aliphatic rings. The van der Waals surface area contributed by atoms with E-state index in [4.69, 9.17) is 0 Å². The summed E-state index contributed by atoms with van der Waals surface area (Å²) in [5.41, 5.74) is -0.484. The van der Waals surface area contributed by atoms with Gasteiger partial charge in [-0.25, -0.2) is 9.97 Å². The van der Waals surface area contributed by atoms with E-state index in [0.717, 1.165) is 34.3 Å². The lowest BCUT2D eigenvalue weighted by molar-refractivity contribution is -0.0500. The fraction of sp³-hybridized carbons (Fsp3) is 0.296. The van der Waals surface area contributed by atoms with Crippen LogP contribution in [0.5, 0.6) is 5.75 Å². The molecule has 0 spiro atoms. The van der Waals surface area contributed by atoms with Crippen molar-refractivity contribution >= 4 is 10.1 Å². The maximum atomic E-state index is 12.6. The second kappa shape index (κ2) is 9.86. The van der Waals surface area contributed by atoms with Crippen LogP contribution in [-0.2, 0) is 10.1 Å². The van der Waals surface area contributed by atoms with Gasteiger partial charge in [0.25, 0.3) is 0 Å². The molecule has 1 aromatic carbocycles. The molecular formula is C27H27F3N4O3S. The highest BCUT2D eigenvalue weighted by atomic mass is 32.2. The molecule has 0 amide bonds. The Bertz CT molecular complexity index is 1500. The Labute approximate surface area is 219 Å². The molecule has 0 fully saturated rings. The maximum absolute atomic E-state index is 12.6. The van der Waals surface area contributed by atoms with E-state index in [9.17, 15) is 21.6 Å². The van der Waals surface area contributed by atoms with Crippen molar-refractivity contribution in [2.75, 3.05) is 0 Å². The van der Waals surface area contributed by atoms with Gasteiger partial charge < -0.3 is 4.18 Å². The van der Waals surface area contributed by atoms with Gasteiger partial charge >= 0.3 is 15.6 Å². The summed E-state index contributed by atoms with van der Waals surface area (Å²) >= 11 is 0. The first kappa shape index (κ1) is 27.3. The van der Waals surface area contributed by atoms with Crippen LogP contribution in [0.15, 0.2) is 67.1 Å². The Hall–Kier alpha value is -3.73. The van der Waals surface area contributed by atoms with Crippen molar-refractivity contribution in [3.05, 3.63) is 89.8 Å². The van der Waals surface area contributed by atoms with Crippen molar-refractivity contribution in [2.45, 2.75) is 46.0 Å². The fourth-order valence-corrected chi connectivity index (χ4v) is 4.78. The number of benzene rings is 1. The van der Waals surface area contributed by atoms with E-state index in [2.05, 4.69) is 19.1 Å². The van der Waals surface area contributed by atoms with Crippen molar-refractivity contribution < 1.29 is 25.8 Å². The molecule has 0 aliphatic heterocycles. The molecule has 38 heavy (non-hydrogen) atoms. The van der Waals surface area contributed by atoms with Crippen molar-refractivity contribution in [2.24, 2.45) is 5.41 Å². The summed E-state index contributed by atoms with van der Waals surface area (Å²) in [5, 5.41) is 0. The lowest BCUT2D eigenvalue weighted by atomic mass is 9.74. The van der Waals surface area contributed by atoms with E-state index >= 15 is 0 Å². The normalized spacial score (nSPS) is 13.4. The SMILES string of the molecule is Cc1ccc(C)n1-c1ncc(-c2ccc(C(c3ccc(OS(=O)(=O)C(F)(F)F)cn3)C(C)(C)C)cc2)cn1. The number of rotatable bonds is 6. The molecule has 200 valence electrons. The maximum Gasteiger partial charge on any atom is 0.534 e. The summed E-state index contributed by atoms with van der Waals surface area (Å²) in [6.45, 7) is 10.0. The summed E-state index contributed by atoms with van der Waals surface area (Å²) < 4.78 is 66.6. The minimum atomic E-state index is -5.77. The zero-order valence-corrected chi connectivity index (χ0v) is 22.3. The van der Waals surface area contributed by atoms with E-state index in [1.807, 2.05) is 75.6 Å². The van der Waals surface area contributed by atoms with Crippen LogP contribution < -0.4 is 4.18 Å². The number of hydrogen-bond acceptors (Lipinski definition) is 6. The van der Waals surface area contributed by atoms with Crippen LogP contribution >= 0.6 is 0 Å². The Balaban J connectivity index is 1.58. The monoisotopic (exact) mass is 544 g/mol. The Morgan fingerprint density at radius 2 is 1.37 bits per heavy atom. The van der Waals surface area contributed by atoms with Gasteiger partial charge in [-0.05, 0) is 54.7 Å². The molecule has 0 aliphatic carbocycles. The van der Waals surface area contributed by atoms with Crippen LogP contribution in [0.2, 0.25) is 0 Å². The van der Waals surface area contributed by atoms with E-state index in [1.54, 1.807) is 12.4 Å². The van der Waals surface area contributed by atoms with Crippen LogP contribution in [0.25, 0.3) is 17.1 Å². The van der Waals surface area contributed by atoms with E-state index in [-0.39, 0.29) is 11.3 Å². The standard InChI is InChI=1S/C27H27F3N4O3S/c1-17-6-7-18(2)34(17)25-32-14-21(15-33-25)19-8-10-20(11-9-19)24(26(3,4)5)23-13-12-22(16-31-23)37-38(35,36)27(28,29)30/h6-16,24H,1-5H3. The van der Waals surface area contributed by atoms with Crippen molar-refractivity contribution in [1.82, 2.24) is 19.5 Å². The van der Waals surface area contributed by atoms with Gasteiger partial charge in [-0.15, -0.1) is 0 Å². The van der Waals surface area contributed by atoms with Crippen LogP contribution in [0.3, 0.4) is 0 Å². The second-order valence-electron chi connectivity index (χ2n) is 10.0. The zero-order chi connectivity index (χ0) is 27.9. The van der Waals surface area contributed by atoms with Crippen LogP contribution in [-0.4, -0.2) is 33.4 Å². The van der Waals surface area contributed by atoms with E-state index in [0.29, 0.717) is 11.6 Å². The summed E-state index contributed by atoms with van der Waals surface area (Å²) in [5.74, 6) is -0.148. The summed E-state index contributed by atoms with van der Waals surface area (Å²) in [4.78, 5) is 13.3. The van der Waals surface area contributed by atoms with Crippen LogP contribution in [0, 0.1) is 19.3 Å². The Kier molecular flexibility index (Phi) is 7.09. The molecule has 11 heteroatoms. The van der Waals surface area contributed by atoms with Crippen molar-refractivity contribution in [3.8, 4) is 22.8 Å². The summed E-state index contributed by atoms with van der Waals surface area (Å²) in [6.07, 6.45) is 4.53. The first-order valence-electron chi connectivity index (χ1n) is 11.7. The first-order chi connectivity index (χ1) is 17.7. The number of alkyl halides is 3. The molecule has 0 radical (unpaired) electrons. The van der Waals surface area contributed by atoms with Gasteiger partial charge in [0.05, 0.1) is 6.20 Å². The van der Waals surface area contributed by atoms with Crippen molar-refractivity contribution in [1.29, 1.82) is 0 Å². The highest BCUT2D eigenvalue weighted by Crippen LogP contribution is 2.40. The average molecular weight is 545 g/mol. The van der Waals surface area contributed by atoms with Crippen molar-refractivity contribution in [3.63, 3.8) is 0 Å². The molecule has 1 unspecified atom stereocenters. The Morgan fingerprint density at radius 1 is 0.789 bits per heavy atom. The molecule has 0 saturated heterocycles. The highest BCUT2D eigenvalue weighted by Gasteiger charge is 2.48. The molecule has 4 aromatic rings. The van der Waals surface area contributed by atoms with E-state index < -0.39 is 21.4 Å². The minimum Gasteiger partial charge on any atom is -0.374 e. The van der Waals surface area contributed by atoms with Crippen LogP contribution in [0.1, 0.15) is 49.3 Å². The minimum absolute atomic E-state index is 0.233. The molecule has 7 nitrogen and oxygen atoms in total. The lowest BCUT2D eigenvalue weighted by Gasteiger charge is -2.31.